The van der Waals surface area contributed by atoms with Crippen LogP contribution in [-0.4, -0.2) is 54.3 Å². The summed E-state index contributed by atoms with van der Waals surface area (Å²) in [5, 5.41) is 3.51. The van der Waals surface area contributed by atoms with Crippen molar-refractivity contribution in [3.63, 3.8) is 0 Å². The Morgan fingerprint density at radius 3 is 2.18 bits per heavy atom. The molecule has 1 aliphatic heterocycles. The summed E-state index contributed by atoms with van der Waals surface area (Å²) >= 11 is 5.86. The van der Waals surface area contributed by atoms with Crippen molar-refractivity contribution in [1.82, 2.24) is 9.80 Å². The second kappa shape index (κ2) is 8.76. The maximum atomic E-state index is 13.0. The SMILES string of the molecule is CC(C)(C(=O)N1CCN(CC(=O)Nc2ccc(Cl)cc2)CC1)c1ccccc1. The Hall–Kier alpha value is -2.37. The zero-order chi connectivity index (χ0) is 20.1. The number of carbonyl (C=O) groups is 2. The molecule has 0 saturated carbocycles. The summed E-state index contributed by atoms with van der Waals surface area (Å²) in [6.45, 7) is 6.88. The van der Waals surface area contributed by atoms with Crippen LogP contribution >= 0.6 is 11.6 Å². The van der Waals surface area contributed by atoms with E-state index in [9.17, 15) is 9.59 Å². The summed E-state index contributed by atoms with van der Waals surface area (Å²) in [6, 6.07) is 16.9. The molecule has 0 spiro atoms. The van der Waals surface area contributed by atoms with Gasteiger partial charge in [0.05, 0.1) is 12.0 Å². The van der Waals surface area contributed by atoms with Gasteiger partial charge in [-0.25, -0.2) is 0 Å². The normalized spacial score (nSPS) is 15.3. The van der Waals surface area contributed by atoms with Gasteiger partial charge in [-0.2, -0.15) is 0 Å². The quantitative estimate of drug-likeness (QED) is 0.838. The molecule has 5 nitrogen and oxygen atoms in total. The van der Waals surface area contributed by atoms with Crippen LogP contribution in [0.4, 0.5) is 5.69 Å². The van der Waals surface area contributed by atoms with Crippen LogP contribution in [0.15, 0.2) is 54.6 Å². The predicted octanol–water partition coefficient (Wildman–Crippen LogP) is 3.40. The number of carbonyl (C=O) groups excluding carboxylic acids is 2. The summed E-state index contributed by atoms with van der Waals surface area (Å²) < 4.78 is 0. The van der Waals surface area contributed by atoms with Gasteiger partial charge >= 0.3 is 0 Å². The molecule has 0 bridgehead atoms. The third kappa shape index (κ3) is 4.91. The Morgan fingerprint density at radius 2 is 1.57 bits per heavy atom. The first-order valence-electron chi connectivity index (χ1n) is 9.49. The highest BCUT2D eigenvalue weighted by molar-refractivity contribution is 6.30. The predicted molar refractivity (Wildman–Crippen MR) is 113 cm³/mol. The number of rotatable bonds is 5. The third-order valence-electron chi connectivity index (χ3n) is 5.18. The standard InChI is InChI=1S/C22H26ClN3O2/c1-22(2,17-6-4-3-5-7-17)21(28)26-14-12-25(13-15-26)16-20(27)24-19-10-8-18(23)9-11-19/h3-11H,12-16H2,1-2H3,(H,24,27). The number of hydrogen-bond acceptors (Lipinski definition) is 3. The molecular formula is C22H26ClN3O2. The largest absolute Gasteiger partial charge is 0.339 e. The van der Waals surface area contributed by atoms with E-state index in [2.05, 4.69) is 10.2 Å². The zero-order valence-electron chi connectivity index (χ0n) is 16.3. The first kappa shape index (κ1) is 20.4. The molecule has 0 atom stereocenters. The van der Waals surface area contributed by atoms with Crippen molar-refractivity contribution in [2.45, 2.75) is 19.3 Å². The van der Waals surface area contributed by atoms with E-state index in [1.165, 1.54) is 0 Å². The second-order valence-corrected chi connectivity index (χ2v) is 8.05. The van der Waals surface area contributed by atoms with Crippen LogP contribution in [0.1, 0.15) is 19.4 Å². The Kier molecular flexibility index (Phi) is 6.37. The Morgan fingerprint density at radius 1 is 0.964 bits per heavy atom. The van der Waals surface area contributed by atoms with Crippen molar-refractivity contribution in [3.8, 4) is 0 Å². The molecule has 1 N–H and O–H groups in total. The molecule has 0 aliphatic carbocycles. The number of benzene rings is 2. The van der Waals surface area contributed by atoms with Gasteiger partial charge in [-0.05, 0) is 43.7 Å². The second-order valence-electron chi connectivity index (χ2n) is 7.61. The van der Waals surface area contributed by atoms with Crippen molar-refractivity contribution in [1.29, 1.82) is 0 Å². The van der Waals surface area contributed by atoms with Crippen LogP contribution in [-0.2, 0) is 15.0 Å². The number of hydrogen-bond donors (Lipinski definition) is 1. The molecule has 0 aromatic heterocycles. The van der Waals surface area contributed by atoms with Crippen LogP contribution in [0.3, 0.4) is 0 Å². The number of halogens is 1. The van der Waals surface area contributed by atoms with Gasteiger partial charge < -0.3 is 10.2 Å². The monoisotopic (exact) mass is 399 g/mol. The van der Waals surface area contributed by atoms with Crippen LogP contribution in [0, 0.1) is 0 Å². The van der Waals surface area contributed by atoms with E-state index in [1.54, 1.807) is 24.3 Å². The number of nitrogens with one attached hydrogen (secondary N) is 1. The molecular weight excluding hydrogens is 374 g/mol. The van der Waals surface area contributed by atoms with Gasteiger partial charge in [0.15, 0.2) is 0 Å². The van der Waals surface area contributed by atoms with Crippen molar-refractivity contribution >= 4 is 29.1 Å². The molecule has 0 radical (unpaired) electrons. The van der Waals surface area contributed by atoms with Crippen molar-refractivity contribution in [2.75, 3.05) is 38.0 Å². The Balaban J connectivity index is 1.50. The smallest absolute Gasteiger partial charge is 0.238 e. The minimum Gasteiger partial charge on any atom is -0.339 e. The van der Waals surface area contributed by atoms with Gasteiger partial charge in [0, 0.05) is 36.9 Å². The van der Waals surface area contributed by atoms with Gasteiger partial charge in [-0.3, -0.25) is 14.5 Å². The summed E-state index contributed by atoms with van der Waals surface area (Å²) in [6.07, 6.45) is 0. The highest BCUT2D eigenvalue weighted by atomic mass is 35.5. The van der Waals surface area contributed by atoms with E-state index in [1.807, 2.05) is 49.1 Å². The maximum absolute atomic E-state index is 13.0. The summed E-state index contributed by atoms with van der Waals surface area (Å²) in [7, 11) is 0. The molecule has 28 heavy (non-hydrogen) atoms. The highest BCUT2D eigenvalue weighted by Crippen LogP contribution is 2.26. The van der Waals surface area contributed by atoms with Crippen LogP contribution in [0.2, 0.25) is 5.02 Å². The molecule has 1 fully saturated rings. The molecule has 2 aromatic rings. The minimum absolute atomic E-state index is 0.0632. The van der Waals surface area contributed by atoms with E-state index in [0.29, 0.717) is 37.7 Å². The number of nitrogens with zero attached hydrogens (tertiary/aromatic N) is 2. The molecule has 6 heteroatoms. The van der Waals surface area contributed by atoms with Gasteiger partial charge in [0.25, 0.3) is 0 Å². The lowest BCUT2D eigenvalue weighted by molar-refractivity contribution is -0.138. The van der Waals surface area contributed by atoms with Gasteiger partial charge in [0.1, 0.15) is 0 Å². The van der Waals surface area contributed by atoms with Crippen LogP contribution < -0.4 is 5.32 Å². The molecule has 1 aliphatic rings. The van der Waals surface area contributed by atoms with E-state index in [0.717, 1.165) is 11.3 Å². The summed E-state index contributed by atoms with van der Waals surface area (Å²) in [5.74, 6) is 0.0654. The van der Waals surface area contributed by atoms with E-state index in [4.69, 9.17) is 11.6 Å². The topological polar surface area (TPSA) is 52.7 Å². The number of anilines is 1. The van der Waals surface area contributed by atoms with Crippen LogP contribution in [0.25, 0.3) is 0 Å². The first-order chi connectivity index (χ1) is 13.4. The van der Waals surface area contributed by atoms with Crippen LogP contribution in [0.5, 0.6) is 0 Å². The molecule has 148 valence electrons. The molecule has 1 saturated heterocycles. The molecule has 0 unspecified atom stereocenters. The third-order valence-corrected chi connectivity index (χ3v) is 5.44. The van der Waals surface area contributed by atoms with Gasteiger partial charge in [-0.1, -0.05) is 41.9 Å². The lowest BCUT2D eigenvalue weighted by Crippen LogP contribution is -2.54. The minimum atomic E-state index is -0.560. The lowest BCUT2D eigenvalue weighted by Gasteiger charge is -2.38. The molecule has 2 amide bonds. The van der Waals surface area contributed by atoms with E-state index < -0.39 is 5.41 Å². The van der Waals surface area contributed by atoms with Crippen molar-refractivity contribution in [3.05, 3.63) is 65.2 Å². The van der Waals surface area contributed by atoms with Gasteiger partial charge in [0.2, 0.25) is 11.8 Å². The first-order valence-corrected chi connectivity index (χ1v) is 9.87. The molecule has 1 heterocycles. The molecule has 2 aromatic carbocycles. The Labute approximate surface area is 171 Å². The fraction of sp³-hybridized carbons (Fsp3) is 0.364. The maximum Gasteiger partial charge on any atom is 0.238 e. The Bertz CT molecular complexity index is 813. The van der Waals surface area contributed by atoms with Gasteiger partial charge in [-0.15, -0.1) is 0 Å². The average molecular weight is 400 g/mol. The fourth-order valence-corrected chi connectivity index (χ4v) is 3.55. The highest BCUT2D eigenvalue weighted by Gasteiger charge is 2.35. The van der Waals surface area contributed by atoms with E-state index >= 15 is 0 Å². The number of amides is 2. The van der Waals surface area contributed by atoms with Crippen molar-refractivity contribution in [2.24, 2.45) is 0 Å². The van der Waals surface area contributed by atoms with E-state index in [-0.39, 0.29) is 11.8 Å². The fourth-order valence-electron chi connectivity index (χ4n) is 3.42. The summed E-state index contributed by atoms with van der Waals surface area (Å²) in [5.41, 5.74) is 1.19. The zero-order valence-corrected chi connectivity index (χ0v) is 17.1. The van der Waals surface area contributed by atoms with Crippen molar-refractivity contribution < 1.29 is 9.59 Å². The molecule has 3 rings (SSSR count). The lowest BCUT2D eigenvalue weighted by atomic mass is 9.83. The summed E-state index contributed by atoms with van der Waals surface area (Å²) in [4.78, 5) is 29.3. The average Bonchev–Trinajstić information content (AvgIpc) is 2.70. The number of piperazine rings is 1.